The average Bonchev–Trinajstić information content (AvgIpc) is 2.42. The molecule has 0 bridgehead atoms. The van der Waals surface area contributed by atoms with E-state index >= 15 is 0 Å². The Morgan fingerprint density at radius 1 is 1.05 bits per heavy atom. The molecule has 0 saturated carbocycles. The van der Waals surface area contributed by atoms with Crippen molar-refractivity contribution in [2.75, 3.05) is 6.54 Å². The fraction of sp³-hybridized carbons (Fsp3) is 0.250. The van der Waals surface area contributed by atoms with E-state index in [4.69, 9.17) is 0 Å². The van der Waals surface area contributed by atoms with Crippen molar-refractivity contribution in [2.24, 2.45) is 0 Å². The van der Waals surface area contributed by atoms with E-state index in [0.29, 0.717) is 5.56 Å². The number of nitrogens with one attached hydrogen (secondary N) is 1. The Morgan fingerprint density at radius 2 is 1.70 bits per heavy atom. The second-order valence-electron chi connectivity index (χ2n) is 4.60. The van der Waals surface area contributed by atoms with Gasteiger partial charge in [-0.15, -0.1) is 0 Å². The van der Waals surface area contributed by atoms with Gasteiger partial charge in [0.25, 0.3) is 0 Å². The smallest absolute Gasteiger partial charge is 0.129 e. The molecule has 2 rings (SSSR count). The molecule has 2 aromatic carbocycles. The third-order valence-electron chi connectivity index (χ3n) is 3.08. The molecule has 0 radical (unpaired) electrons. The van der Waals surface area contributed by atoms with Crippen molar-refractivity contribution in [2.45, 2.75) is 19.4 Å². The van der Waals surface area contributed by atoms with Crippen LogP contribution >= 0.6 is 31.9 Å². The van der Waals surface area contributed by atoms with Crippen molar-refractivity contribution in [1.82, 2.24) is 5.32 Å². The standard InChI is InChI=1S/C16H16Br2FN/c1-2-9-20-16(11-3-5-12(17)6-4-11)14-8-7-13(18)10-15(14)19/h3-8,10,16,20H,2,9H2,1H3. The summed E-state index contributed by atoms with van der Waals surface area (Å²) in [5, 5.41) is 3.41. The summed E-state index contributed by atoms with van der Waals surface area (Å²) in [6.45, 7) is 2.94. The van der Waals surface area contributed by atoms with E-state index < -0.39 is 0 Å². The number of rotatable bonds is 5. The Bertz CT molecular complexity index is 569. The molecule has 1 nitrogen and oxygen atoms in total. The fourth-order valence-electron chi connectivity index (χ4n) is 2.09. The molecule has 0 amide bonds. The van der Waals surface area contributed by atoms with Gasteiger partial charge in [0.15, 0.2) is 0 Å². The molecule has 2 aromatic rings. The number of halogens is 3. The average molecular weight is 401 g/mol. The van der Waals surface area contributed by atoms with Crippen LogP contribution in [0.3, 0.4) is 0 Å². The summed E-state index contributed by atoms with van der Waals surface area (Å²) in [5.74, 6) is -0.198. The zero-order chi connectivity index (χ0) is 14.5. The zero-order valence-electron chi connectivity index (χ0n) is 11.2. The molecule has 106 valence electrons. The van der Waals surface area contributed by atoms with Gasteiger partial charge in [0, 0.05) is 14.5 Å². The first-order chi connectivity index (χ1) is 9.61. The molecule has 1 N–H and O–H groups in total. The third-order valence-corrected chi connectivity index (χ3v) is 4.10. The van der Waals surface area contributed by atoms with E-state index in [1.54, 1.807) is 0 Å². The van der Waals surface area contributed by atoms with Gasteiger partial charge in [-0.1, -0.05) is 57.0 Å². The van der Waals surface area contributed by atoms with Crippen LogP contribution in [-0.4, -0.2) is 6.54 Å². The summed E-state index contributed by atoms with van der Waals surface area (Å²) in [6.07, 6.45) is 1.01. The van der Waals surface area contributed by atoms with Crippen molar-refractivity contribution < 1.29 is 4.39 Å². The highest BCUT2D eigenvalue weighted by atomic mass is 79.9. The maximum absolute atomic E-state index is 14.2. The predicted molar refractivity (Wildman–Crippen MR) is 88.4 cm³/mol. The molecule has 0 aliphatic heterocycles. The molecule has 0 aromatic heterocycles. The molecule has 4 heteroatoms. The van der Waals surface area contributed by atoms with Gasteiger partial charge in [0.1, 0.15) is 5.82 Å². The maximum Gasteiger partial charge on any atom is 0.129 e. The van der Waals surface area contributed by atoms with E-state index in [2.05, 4.69) is 44.1 Å². The molecule has 0 heterocycles. The van der Waals surface area contributed by atoms with Crippen LogP contribution in [0.4, 0.5) is 4.39 Å². The lowest BCUT2D eigenvalue weighted by Gasteiger charge is -2.20. The number of hydrogen-bond acceptors (Lipinski definition) is 1. The Labute approximate surface area is 135 Å². The van der Waals surface area contributed by atoms with Crippen LogP contribution in [0.2, 0.25) is 0 Å². The Morgan fingerprint density at radius 3 is 2.30 bits per heavy atom. The number of hydrogen-bond donors (Lipinski definition) is 1. The predicted octanol–water partition coefficient (Wildman–Crippen LogP) is 5.44. The molecule has 20 heavy (non-hydrogen) atoms. The molecule has 0 spiro atoms. The van der Waals surface area contributed by atoms with Crippen molar-refractivity contribution in [3.05, 3.63) is 68.4 Å². The summed E-state index contributed by atoms with van der Waals surface area (Å²) in [5.41, 5.74) is 1.73. The lowest BCUT2D eigenvalue weighted by Crippen LogP contribution is -2.24. The zero-order valence-corrected chi connectivity index (χ0v) is 14.3. The van der Waals surface area contributed by atoms with Gasteiger partial charge >= 0.3 is 0 Å². The Kier molecular flexibility index (Phi) is 5.75. The molecule has 0 aliphatic rings. The van der Waals surface area contributed by atoms with Gasteiger partial charge < -0.3 is 5.32 Å². The minimum Gasteiger partial charge on any atom is -0.306 e. The van der Waals surface area contributed by atoms with Crippen LogP contribution in [0.25, 0.3) is 0 Å². The Hall–Kier alpha value is -0.710. The fourth-order valence-corrected chi connectivity index (χ4v) is 2.68. The van der Waals surface area contributed by atoms with E-state index in [1.165, 1.54) is 6.07 Å². The quantitative estimate of drug-likeness (QED) is 0.704. The van der Waals surface area contributed by atoms with Crippen molar-refractivity contribution in [1.29, 1.82) is 0 Å². The minimum absolute atomic E-state index is 0.129. The highest BCUT2D eigenvalue weighted by molar-refractivity contribution is 9.10. The first-order valence-corrected chi connectivity index (χ1v) is 8.14. The Balaban J connectivity index is 2.38. The molecular weight excluding hydrogens is 385 g/mol. The highest BCUT2D eigenvalue weighted by Crippen LogP contribution is 2.27. The summed E-state index contributed by atoms with van der Waals surface area (Å²) in [6, 6.07) is 13.1. The molecule has 0 aliphatic carbocycles. The van der Waals surface area contributed by atoms with Crippen LogP contribution in [0.15, 0.2) is 51.4 Å². The number of benzene rings is 2. The minimum atomic E-state index is -0.198. The van der Waals surface area contributed by atoms with Crippen LogP contribution < -0.4 is 5.32 Å². The van der Waals surface area contributed by atoms with Crippen LogP contribution in [-0.2, 0) is 0 Å². The SMILES string of the molecule is CCCNC(c1ccc(Br)cc1)c1ccc(Br)cc1F. The monoisotopic (exact) mass is 399 g/mol. The summed E-state index contributed by atoms with van der Waals surface area (Å²) < 4.78 is 16.0. The third kappa shape index (κ3) is 3.90. The topological polar surface area (TPSA) is 12.0 Å². The van der Waals surface area contributed by atoms with Crippen LogP contribution in [0.5, 0.6) is 0 Å². The van der Waals surface area contributed by atoms with Gasteiger partial charge in [-0.3, -0.25) is 0 Å². The van der Waals surface area contributed by atoms with Crippen molar-refractivity contribution >= 4 is 31.9 Å². The van der Waals surface area contributed by atoms with Gasteiger partial charge in [-0.2, -0.15) is 0 Å². The molecule has 0 saturated heterocycles. The van der Waals surface area contributed by atoms with Gasteiger partial charge in [0.05, 0.1) is 6.04 Å². The van der Waals surface area contributed by atoms with Gasteiger partial charge in [0.2, 0.25) is 0 Å². The maximum atomic E-state index is 14.2. The second-order valence-corrected chi connectivity index (χ2v) is 6.44. The summed E-state index contributed by atoms with van der Waals surface area (Å²) in [4.78, 5) is 0. The normalized spacial score (nSPS) is 12.4. The van der Waals surface area contributed by atoms with Crippen LogP contribution in [0, 0.1) is 5.82 Å². The highest BCUT2D eigenvalue weighted by Gasteiger charge is 2.17. The van der Waals surface area contributed by atoms with E-state index in [0.717, 1.165) is 27.5 Å². The first-order valence-electron chi connectivity index (χ1n) is 6.55. The van der Waals surface area contributed by atoms with E-state index in [1.807, 2.05) is 36.4 Å². The van der Waals surface area contributed by atoms with E-state index in [-0.39, 0.29) is 11.9 Å². The van der Waals surface area contributed by atoms with Crippen LogP contribution in [0.1, 0.15) is 30.5 Å². The van der Waals surface area contributed by atoms with Gasteiger partial charge in [-0.05, 0) is 42.8 Å². The second kappa shape index (κ2) is 7.34. The lowest BCUT2D eigenvalue weighted by molar-refractivity contribution is 0.546. The van der Waals surface area contributed by atoms with Gasteiger partial charge in [-0.25, -0.2) is 4.39 Å². The lowest BCUT2D eigenvalue weighted by atomic mass is 9.98. The largest absolute Gasteiger partial charge is 0.306 e. The summed E-state index contributed by atoms with van der Waals surface area (Å²) in [7, 11) is 0. The molecule has 1 atom stereocenters. The summed E-state index contributed by atoms with van der Waals surface area (Å²) >= 11 is 6.72. The van der Waals surface area contributed by atoms with Crippen molar-refractivity contribution in [3.63, 3.8) is 0 Å². The molecular formula is C16H16Br2FN. The van der Waals surface area contributed by atoms with E-state index in [9.17, 15) is 4.39 Å². The van der Waals surface area contributed by atoms with Crippen molar-refractivity contribution in [3.8, 4) is 0 Å². The molecule has 1 unspecified atom stereocenters. The first kappa shape index (κ1) is 15.7. The molecule has 0 fully saturated rings.